The maximum Gasteiger partial charge on any atom is 0.264 e. The molecule has 4 heterocycles. The SMILES string of the molecule is CCn1nccc1CN(C)C(=O)Cn1nc(C)c2c(C(F)F)cc(-c3ccco3)nc21. The number of halogens is 2. The van der Waals surface area contributed by atoms with Crippen molar-refractivity contribution in [2.75, 3.05) is 7.05 Å². The molecule has 0 N–H and O–H groups in total. The highest BCUT2D eigenvalue weighted by molar-refractivity contribution is 5.86. The molecule has 10 heteroatoms. The number of nitrogens with zero attached hydrogens (tertiary/aromatic N) is 6. The van der Waals surface area contributed by atoms with Gasteiger partial charge in [0.25, 0.3) is 6.43 Å². The average Bonchev–Trinajstić information content (AvgIpc) is 3.48. The fourth-order valence-electron chi connectivity index (χ4n) is 3.58. The van der Waals surface area contributed by atoms with Crippen molar-refractivity contribution in [3.8, 4) is 11.5 Å². The van der Waals surface area contributed by atoms with E-state index in [4.69, 9.17) is 4.42 Å². The molecular formula is C21H22F2N6O2. The maximum atomic E-state index is 13.8. The number of furan rings is 1. The van der Waals surface area contributed by atoms with E-state index in [0.717, 1.165) is 5.69 Å². The van der Waals surface area contributed by atoms with Crippen LogP contribution in [0.5, 0.6) is 0 Å². The lowest BCUT2D eigenvalue weighted by Gasteiger charge is -2.18. The van der Waals surface area contributed by atoms with Crippen LogP contribution in [0.1, 0.15) is 30.3 Å². The van der Waals surface area contributed by atoms with E-state index < -0.39 is 6.43 Å². The Morgan fingerprint density at radius 2 is 2.10 bits per heavy atom. The van der Waals surface area contributed by atoms with Gasteiger partial charge in [0.15, 0.2) is 11.4 Å². The van der Waals surface area contributed by atoms with Crippen LogP contribution < -0.4 is 0 Å². The smallest absolute Gasteiger partial charge is 0.264 e. The number of carbonyl (C=O) groups is 1. The van der Waals surface area contributed by atoms with Gasteiger partial charge in [0.2, 0.25) is 5.91 Å². The van der Waals surface area contributed by atoms with Gasteiger partial charge in [-0.05, 0) is 38.1 Å². The van der Waals surface area contributed by atoms with Crippen molar-refractivity contribution < 1.29 is 18.0 Å². The van der Waals surface area contributed by atoms with Gasteiger partial charge in [0, 0.05) is 25.4 Å². The highest BCUT2D eigenvalue weighted by atomic mass is 19.3. The molecule has 0 aliphatic heterocycles. The zero-order valence-corrected chi connectivity index (χ0v) is 17.4. The summed E-state index contributed by atoms with van der Waals surface area (Å²) in [6.07, 6.45) is 0.418. The van der Waals surface area contributed by atoms with E-state index in [1.165, 1.54) is 17.0 Å². The Morgan fingerprint density at radius 3 is 2.77 bits per heavy atom. The van der Waals surface area contributed by atoms with Gasteiger partial charge < -0.3 is 9.32 Å². The predicted octanol–water partition coefficient (Wildman–Crippen LogP) is 3.81. The topological polar surface area (TPSA) is 82.0 Å². The molecule has 8 nitrogen and oxygen atoms in total. The Kier molecular flexibility index (Phi) is 5.53. The molecule has 0 atom stereocenters. The molecule has 0 radical (unpaired) electrons. The summed E-state index contributed by atoms with van der Waals surface area (Å²) in [4.78, 5) is 18.9. The van der Waals surface area contributed by atoms with Crippen molar-refractivity contribution in [3.63, 3.8) is 0 Å². The molecule has 1 amide bonds. The molecule has 0 fully saturated rings. The van der Waals surface area contributed by atoms with Crippen molar-refractivity contribution in [3.05, 3.63) is 53.7 Å². The minimum Gasteiger partial charge on any atom is -0.463 e. The van der Waals surface area contributed by atoms with Gasteiger partial charge in [-0.2, -0.15) is 10.2 Å². The highest BCUT2D eigenvalue weighted by Crippen LogP contribution is 2.33. The summed E-state index contributed by atoms with van der Waals surface area (Å²) in [6, 6.07) is 6.47. The molecule has 0 bridgehead atoms. The number of aromatic nitrogens is 5. The lowest BCUT2D eigenvalue weighted by Crippen LogP contribution is -2.31. The number of amides is 1. The summed E-state index contributed by atoms with van der Waals surface area (Å²) in [5.74, 6) is 0.141. The summed E-state index contributed by atoms with van der Waals surface area (Å²) in [7, 11) is 1.68. The Hall–Kier alpha value is -3.56. The monoisotopic (exact) mass is 428 g/mol. The van der Waals surface area contributed by atoms with Crippen molar-refractivity contribution >= 4 is 16.9 Å². The van der Waals surface area contributed by atoms with E-state index in [2.05, 4.69) is 15.2 Å². The van der Waals surface area contributed by atoms with Crippen LogP contribution in [0.25, 0.3) is 22.5 Å². The van der Waals surface area contributed by atoms with Gasteiger partial charge in [0.1, 0.15) is 12.2 Å². The number of pyridine rings is 1. The van der Waals surface area contributed by atoms with Crippen molar-refractivity contribution in [2.24, 2.45) is 0 Å². The molecular weight excluding hydrogens is 406 g/mol. The first-order valence-electron chi connectivity index (χ1n) is 9.83. The summed E-state index contributed by atoms with van der Waals surface area (Å²) >= 11 is 0. The van der Waals surface area contributed by atoms with E-state index in [-0.39, 0.29) is 34.7 Å². The van der Waals surface area contributed by atoms with Crippen LogP contribution in [0.2, 0.25) is 0 Å². The molecule has 0 unspecified atom stereocenters. The molecule has 0 aliphatic rings. The Labute approximate surface area is 177 Å². The van der Waals surface area contributed by atoms with Crippen LogP contribution in [0.15, 0.2) is 41.1 Å². The quantitative estimate of drug-likeness (QED) is 0.447. The average molecular weight is 428 g/mol. The second-order valence-corrected chi connectivity index (χ2v) is 7.20. The lowest BCUT2D eigenvalue weighted by molar-refractivity contribution is -0.131. The Morgan fingerprint density at radius 1 is 1.29 bits per heavy atom. The Bertz CT molecular complexity index is 1210. The number of aryl methyl sites for hydroxylation is 2. The van der Waals surface area contributed by atoms with Crippen LogP contribution in [0, 0.1) is 6.92 Å². The number of hydrogen-bond acceptors (Lipinski definition) is 5. The highest BCUT2D eigenvalue weighted by Gasteiger charge is 2.23. The largest absolute Gasteiger partial charge is 0.463 e. The third-order valence-corrected chi connectivity index (χ3v) is 5.13. The minimum atomic E-state index is -2.72. The normalized spacial score (nSPS) is 11.5. The molecule has 4 aromatic heterocycles. The fourth-order valence-corrected chi connectivity index (χ4v) is 3.58. The Balaban J connectivity index is 1.68. The second kappa shape index (κ2) is 8.29. The zero-order chi connectivity index (χ0) is 22.1. The van der Waals surface area contributed by atoms with Gasteiger partial charge in [-0.15, -0.1) is 0 Å². The van der Waals surface area contributed by atoms with Crippen molar-refractivity contribution in [1.29, 1.82) is 0 Å². The van der Waals surface area contributed by atoms with E-state index in [1.54, 1.807) is 37.2 Å². The number of alkyl halides is 2. The molecule has 0 saturated heterocycles. The number of likely N-dealkylation sites (N-methyl/N-ethyl adjacent to an activating group) is 1. The summed E-state index contributed by atoms with van der Waals surface area (Å²) in [5.41, 5.74) is 1.60. The summed E-state index contributed by atoms with van der Waals surface area (Å²) in [5, 5.41) is 8.79. The maximum absolute atomic E-state index is 13.8. The van der Waals surface area contributed by atoms with Crippen LogP contribution in [-0.2, 0) is 24.4 Å². The number of fused-ring (bicyclic) bond motifs is 1. The first-order chi connectivity index (χ1) is 14.9. The van der Waals surface area contributed by atoms with E-state index in [9.17, 15) is 13.6 Å². The van der Waals surface area contributed by atoms with Crippen LogP contribution in [0.4, 0.5) is 8.78 Å². The number of rotatable bonds is 7. The van der Waals surface area contributed by atoms with Gasteiger partial charge in [0.05, 0.1) is 29.6 Å². The van der Waals surface area contributed by atoms with Crippen molar-refractivity contribution in [1.82, 2.24) is 29.4 Å². The van der Waals surface area contributed by atoms with Crippen molar-refractivity contribution in [2.45, 2.75) is 39.9 Å². The third-order valence-electron chi connectivity index (χ3n) is 5.13. The number of carbonyl (C=O) groups excluding carboxylic acids is 1. The minimum absolute atomic E-state index is 0.127. The van der Waals surface area contributed by atoms with Gasteiger partial charge in [-0.3, -0.25) is 9.48 Å². The van der Waals surface area contributed by atoms with E-state index in [1.807, 2.05) is 17.7 Å². The first-order valence-corrected chi connectivity index (χ1v) is 9.83. The lowest BCUT2D eigenvalue weighted by atomic mass is 10.1. The molecule has 4 aromatic rings. The third kappa shape index (κ3) is 3.92. The van der Waals surface area contributed by atoms with E-state index >= 15 is 0 Å². The zero-order valence-electron chi connectivity index (χ0n) is 17.4. The molecule has 4 rings (SSSR count). The van der Waals surface area contributed by atoms with Gasteiger partial charge >= 0.3 is 0 Å². The first kappa shape index (κ1) is 20.7. The standard InChI is InChI=1S/C21H22F2N6O2/c1-4-28-14(7-8-24-28)11-27(3)18(30)12-29-21-19(13(2)26-29)15(20(22)23)10-16(25-21)17-6-5-9-31-17/h5-10,20H,4,11-12H2,1-3H3. The second-order valence-electron chi connectivity index (χ2n) is 7.20. The van der Waals surface area contributed by atoms with Gasteiger partial charge in [-0.25, -0.2) is 18.4 Å². The molecule has 31 heavy (non-hydrogen) atoms. The predicted molar refractivity (Wildman–Crippen MR) is 109 cm³/mol. The molecule has 0 spiro atoms. The summed E-state index contributed by atoms with van der Waals surface area (Å²) in [6.45, 7) is 4.55. The van der Waals surface area contributed by atoms with Gasteiger partial charge in [-0.1, -0.05) is 0 Å². The van der Waals surface area contributed by atoms with Crippen LogP contribution in [0.3, 0.4) is 0 Å². The molecule has 0 aromatic carbocycles. The van der Waals surface area contributed by atoms with Crippen LogP contribution in [-0.4, -0.2) is 42.4 Å². The molecule has 0 aliphatic carbocycles. The fraction of sp³-hybridized carbons (Fsp3) is 0.333. The molecule has 0 saturated carbocycles. The summed E-state index contributed by atoms with van der Waals surface area (Å²) < 4.78 is 36.1. The number of hydrogen-bond donors (Lipinski definition) is 0. The van der Waals surface area contributed by atoms with Crippen LogP contribution >= 0.6 is 0 Å². The van der Waals surface area contributed by atoms with E-state index in [0.29, 0.717) is 24.5 Å². The molecule has 162 valence electrons.